The zero-order valence-corrected chi connectivity index (χ0v) is 17.1. The highest BCUT2D eigenvalue weighted by atomic mass is 35.5. The molecule has 7 heteroatoms. The molecule has 1 aromatic rings. The van der Waals surface area contributed by atoms with Crippen LogP contribution < -0.4 is 27.9 Å². The molecule has 26 heavy (non-hydrogen) atoms. The summed E-state index contributed by atoms with van der Waals surface area (Å²) in [6.07, 6.45) is 0.367. The summed E-state index contributed by atoms with van der Waals surface area (Å²) in [6.45, 7) is 12.7. The molecular formula is C19H30ClN4O2-. The van der Waals surface area contributed by atoms with Crippen LogP contribution in [0.5, 0.6) is 0 Å². The highest BCUT2D eigenvalue weighted by Gasteiger charge is 2.31. The number of halogens is 1. The Hall–Kier alpha value is -1.95. The molecule has 1 aliphatic rings. The van der Waals surface area contributed by atoms with Crippen molar-refractivity contribution in [2.45, 2.75) is 53.1 Å². The summed E-state index contributed by atoms with van der Waals surface area (Å²) in [4.78, 5) is 28.3. The number of benzene rings is 1. The quantitative estimate of drug-likeness (QED) is 0.727. The monoisotopic (exact) mass is 381 g/mol. The Morgan fingerprint density at radius 1 is 1.31 bits per heavy atom. The molecule has 2 rings (SSSR count). The summed E-state index contributed by atoms with van der Waals surface area (Å²) < 4.78 is 0. The van der Waals surface area contributed by atoms with E-state index in [-0.39, 0.29) is 36.4 Å². The third-order valence-electron chi connectivity index (χ3n) is 4.70. The van der Waals surface area contributed by atoms with Crippen molar-refractivity contribution in [3.05, 3.63) is 23.8 Å². The lowest BCUT2D eigenvalue weighted by Gasteiger charge is -2.23. The summed E-state index contributed by atoms with van der Waals surface area (Å²) in [7, 11) is 0. The first kappa shape index (κ1) is 22.1. The Morgan fingerprint density at radius 3 is 2.46 bits per heavy atom. The van der Waals surface area contributed by atoms with Gasteiger partial charge in [-0.1, -0.05) is 0 Å². The number of rotatable bonds is 6. The van der Waals surface area contributed by atoms with Crippen molar-refractivity contribution in [3.63, 3.8) is 0 Å². The van der Waals surface area contributed by atoms with E-state index >= 15 is 0 Å². The van der Waals surface area contributed by atoms with Gasteiger partial charge in [-0.25, -0.2) is 4.79 Å². The molecular weight excluding hydrogens is 352 g/mol. The molecule has 0 saturated carbocycles. The van der Waals surface area contributed by atoms with Gasteiger partial charge in [0, 0.05) is 43.5 Å². The van der Waals surface area contributed by atoms with Gasteiger partial charge >= 0.3 is 6.03 Å². The molecule has 0 bridgehead atoms. The minimum absolute atomic E-state index is 0. The molecule has 1 aromatic carbocycles. The van der Waals surface area contributed by atoms with Crippen molar-refractivity contribution in [1.82, 2.24) is 10.2 Å². The van der Waals surface area contributed by atoms with Crippen LogP contribution in [0.15, 0.2) is 18.2 Å². The van der Waals surface area contributed by atoms with Crippen LogP contribution in [0.1, 0.15) is 39.7 Å². The van der Waals surface area contributed by atoms with Gasteiger partial charge in [-0.15, -0.1) is 0 Å². The summed E-state index contributed by atoms with van der Waals surface area (Å²) in [5, 5.41) is 5.81. The summed E-state index contributed by atoms with van der Waals surface area (Å²) >= 11 is 0. The van der Waals surface area contributed by atoms with E-state index < -0.39 is 0 Å². The normalized spacial score (nSPS) is 16.5. The Morgan fingerprint density at radius 2 is 1.96 bits per heavy atom. The van der Waals surface area contributed by atoms with Crippen LogP contribution >= 0.6 is 0 Å². The van der Waals surface area contributed by atoms with Crippen LogP contribution in [0.4, 0.5) is 16.2 Å². The average molecular weight is 382 g/mol. The SMILES string of the molecule is CCN(CC)c1ccc(NC(=O)NC2CC(=O)N(C(C)C)C2)c(C)c1.[Cl-]. The van der Waals surface area contributed by atoms with Crippen LogP contribution in [0.2, 0.25) is 0 Å². The molecule has 146 valence electrons. The number of likely N-dealkylation sites (tertiary alicyclic amines) is 1. The number of amides is 3. The van der Waals surface area contributed by atoms with Crippen molar-refractivity contribution in [2.24, 2.45) is 0 Å². The lowest BCUT2D eigenvalue weighted by molar-refractivity contribution is -0.129. The fraction of sp³-hybridized carbons (Fsp3) is 0.579. The van der Waals surface area contributed by atoms with Gasteiger partial charge in [0.15, 0.2) is 0 Å². The van der Waals surface area contributed by atoms with Gasteiger partial charge in [0.2, 0.25) is 5.91 Å². The molecule has 1 aliphatic heterocycles. The molecule has 1 unspecified atom stereocenters. The predicted octanol–water partition coefficient (Wildman–Crippen LogP) is -0.0240. The smallest absolute Gasteiger partial charge is 0.319 e. The van der Waals surface area contributed by atoms with Crippen LogP contribution in [0, 0.1) is 6.92 Å². The molecule has 1 heterocycles. The zero-order chi connectivity index (χ0) is 18.6. The second-order valence-electron chi connectivity index (χ2n) is 6.81. The van der Waals surface area contributed by atoms with Gasteiger partial charge in [0.05, 0.1) is 6.04 Å². The van der Waals surface area contributed by atoms with Gasteiger partial charge in [-0.3, -0.25) is 4.79 Å². The van der Waals surface area contributed by atoms with Crippen LogP contribution in [-0.2, 0) is 4.79 Å². The Bertz CT molecular complexity index is 632. The van der Waals surface area contributed by atoms with Crippen LogP contribution in [-0.4, -0.2) is 48.6 Å². The molecule has 0 radical (unpaired) electrons. The Balaban J connectivity index is 0.00000338. The average Bonchev–Trinajstić information content (AvgIpc) is 2.91. The van der Waals surface area contributed by atoms with Gasteiger partial charge < -0.3 is 32.8 Å². The molecule has 6 nitrogen and oxygen atoms in total. The number of nitrogens with zero attached hydrogens (tertiary/aromatic N) is 2. The first-order chi connectivity index (χ1) is 11.8. The van der Waals surface area contributed by atoms with Gasteiger partial charge in [-0.05, 0) is 58.4 Å². The molecule has 1 saturated heterocycles. The van der Waals surface area contributed by atoms with Crippen molar-refractivity contribution in [3.8, 4) is 0 Å². The molecule has 3 amide bonds. The minimum atomic E-state index is -0.262. The molecule has 2 N–H and O–H groups in total. The van der Waals surface area contributed by atoms with E-state index in [1.165, 1.54) is 0 Å². The molecule has 1 fully saturated rings. The number of hydrogen-bond donors (Lipinski definition) is 2. The van der Waals surface area contributed by atoms with Crippen molar-refractivity contribution in [1.29, 1.82) is 0 Å². The fourth-order valence-electron chi connectivity index (χ4n) is 3.24. The first-order valence-corrected chi connectivity index (χ1v) is 9.08. The summed E-state index contributed by atoms with van der Waals surface area (Å²) in [6, 6.07) is 5.81. The van der Waals surface area contributed by atoms with E-state index in [1.807, 2.05) is 32.9 Å². The largest absolute Gasteiger partial charge is 1.00 e. The highest BCUT2D eigenvalue weighted by molar-refractivity contribution is 5.91. The second-order valence-corrected chi connectivity index (χ2v) is 6.81. The topological polar surface area (TPSA) is 64.7 Å². The van der Waals surface area contributed by atoms with E-state index in [2.05, 4.69) is 35.4 Å². The minimum Gasteiger partial charge on any atom is -1.00 e. The van der Waals surface area contributed by atoms with E-state index in [1.54, 1.807) is 4.90 Å². The Labute approximate surface area is 162 Å². The molecule has 0 aliphatic carbocycles. The fourth-order valence-corrected chi connectivity index (χ4v) is 3.24. The number of urea groups is 1. The zero-order valence-electron chi connectivity index (χ0n) is 16.3. The maximum Gasteiger partial charge on any atom is 0.319 e. The lowest BCUT2D eigenvalue weighted by atomic mass is 10.1. The maximum atomic E-state index is 12.3. The standard InChI is InChI=1S/C19H30N4O2.ClH/c1-6-22(7-2)16-8-9-17(14(5)10-16)21-19(25)20-15-11-18(24)23(12-15)13(3)4;/h8-10,13,15H,6-7,11-12H2,1-5H3,(H2,20,21,25);1H/p-1. The van der Waals surface area contributed by atoms with E-state index in [9.17, 15) is 9.59 Å². The third kappa shape index (κ3) is 5.27. The lowest BCUT2D eigenvalue weighted by Crippen LogP contribution is -3.00. The second kappa shape index (κ2) is 9.67. The first-order valence-electron chi connectivity index (χ1n) is 9.08. The van der Waals surface area contributed by atoms with Gasteiger partial charge in [-0.2, -0.15) is 0 Å². The number of hydrogen-bond acceptors (Lipinski definition) is 3. The van der Waals surface area contributed by atoms with Crippen molar-refractivity contribution >= 4 is 23.3 Å². The van der Waals surface area contributed by atoms with Crippen LogP contribution in [0.25, 0.3) is 0 Å². The van der Waals surface area contributed by atoms with Crippen molar-refractivity contribution < 1.29 is 22.0 Å². The van der Waals surface area contributed by atoms with Crippen LogP contribution in [0.3, 0.4) is 0 Å². The van der Waals surface area contributed by atoms with Gasteiger partial charge in [0.25, 0.3) is 0 Å². The highest BCUT2D eigenvalue weighted by Crippen LogP contribution is 2.23. The van der Waals surface area contributed by atoms with E-state index in [4.69, 9.17) is 0 Å². The van der Waals surface area contributed by atoms with E-state index in [0.717, 1.165) is 30.0 Å². The number of anilines is 2. The molecule has 0 aromatic heterocycles. The summed E-state index contributed by atoms with van der Waals surface area (Å²) in [5.41, 5.74) is 2.96. The number of carbonyl (C=O) groups is 2. The summed E-state index contributed by atoms with van der Waals surface area (Å²) in [5.74, 6) is 0.0973. The molecule has 0 spiro atoms. The molecule has 1 atom stereocenters. The maximum absolute atomic E-state index is 12.3. The Kier molecular flexibility index (Phi) is 8.21. The van der Waals surface area contributed by atoms with E-state index in [0.29, 0.717) is 13.0 Å². The van der Waals surface area contributed by atoms with Gasteiger partial charge in [0.1, 0.15) is 0 Å². The number of carbonyl (C=O) groups excluding carboxylic acids is 2. The van der Waals surface area contributed by atoms with Crippen molar-refractivity contribution in [2.75, 3.05) is 29.9 Å². The number of nitrogens with one attached hydrogen (secondary N) is 2. The predicted molar refractivity (Wildman–Crippen MR) is 102 cm³/mol. The number of aryl methyl sites for hydroxylation is 1. The third-order valence-corrected chi connectivity index (χ3v) is 4.70.